The number of halogens is 2. The first-order chi connectivity index (χ1) is 18.2. The molecule has 1 heterocycles. The fourth-order valence-corrected chi connectivity index (χ4v) is 7.97. The lowest BCUT2D eigenvalue weighted by Crippen LogP contribution is -2.25. The molecule has 0 N–H and O–H groups in total. The van der Waals surface area contributed by atoms with Gasteiger partial charge in [0.25, 0.3) is 7.37 Å². The number of ether oxygens (including phenoxy) is 1. The third-order valence-corrected chi connectivity index (χ3v) is 10.0. The first-order valence-corrected chi connectivity index (χ1v) is 15.0. The normalized spacial score (nSPS) is 12.9. The molecule has 4 rings (SSSR count). The van der Waals surface area contributed by atoms with Gasteiger partial charge in [0.15, 0.2) is 5.69 Å². The van der Waals surface area contributed by atoms with E-state index in [0.717, 1.165) is 10.5 Å². The van der Waals surface area contributed by atoms with Crippen LogP contribution in [0.2, 0.25) is 0 Å². The molecule has 1 atom stereocenters. The summed E-state index contributed by atoms with van der Waals surface area (Å²) in [5, 5.41) is 9.22. The molecule has 1 aromatic heterocycles. The fraction of sp³-hybridized carbons (Fsp3) is 0.143. The average Bonchev–Trinajstić information content (AvgIpc) is 3.24. The quantitative estimate of drug-likeness (QED) is 0.0892. The Morgan fingerprint density at radius 3 is 2.61 bits per heavy atom. The van der Waals surface area contributed by atoms with Gasteiger partial charge in [0, 0.05) is 27.0 Å². The lowest BCUT2D eigenvalue weighted by atomic mass is 10.1. The molecular formula is C28H23FIN2O4PS. The number of rotatable bonds is 8. The van der Waals surface area contributed by atoms with E-state index in [1.165, 1.54) is 25.1 Å². The van der Waals surface area contributed by atoms with Crippen molar-refractivity contribution in [2.75, 3.05) is 13.7 Å². The number of aromatic nitrogens is 1. The Labute approximate surface area is 238 Å². The number of hydrogen-bond donors (Lipinski definition) is 0. The minimum atomic E-state index is -4.08. The van der Waals surface area contributed by atoms with Crippen LogP contribution in [0, 0.1) is 27.6 Å². The number of nitrogens with zero attached hydrogens (tertiary/aromatic N) is 2. The summed E-state index contributed by atoms with van der Waals surface area (Å²) in [5.41, 5.74) is 1.68. The highest BCUT2D eigenvalue weighted by Gasteiger charge is 2.40. The molecule has 194 valence electrons. The Balaban J connectivity index is 2.14. The van der Waals surface area contributed by atoms with Crippen LogP contribution in [0.15, 0.2) is 71.6 Å². The van der Waals surface area contributed by atoms with Gasteiger partial charge >= 0.3 is 5.97 Å². The molecule has 0 aliphatic heterocycles. The highest BCUT2D eigenvalue weighted by atomic mass is 127. The highest BCUT2D eigenvalue weighted by molar-refractivity contribution is 14.1. The molecule has 0 amide bonds. The third-order valence-electron chi connectivity index (χ3n) is 5.69. The molecule has 10 heteroatoms. The average molecular weight is 660 g/mol. The second-order valence-electron chi connectivity index (χ2n) is 8.17. The number of allylic oxidation sites excluding steroid dienone is 1. The van der Waals surface area contributed by atoms with Crippen molar-refractivity contribution in [1.82, 2.24) is 3.97 Å². The number of carbonyl (C=O) groups excluding carboxylic acids is 1. The minimum Gasteiger partial charge on any atom is -0.461 e. The van der Waals surface area contributed by atoms with Gasteiger partial charge in [-0.25, -0.2) is 9.18 Å². The van der Waals surface area contributed by atoms with E-state index in [0.29, 0.717) is 14.7 Å². The fourth-order valence-electron chi connectivity index (χ4n) is 4.13. The van der Waals surface area contributed by atoms with Crippen LogP contribution in [0.25, 0.3) is 17.0 Å². The van der Waals surface area contributed by atoms with Crippen molar-refractivity contribution in [2.24, 2.45) is 0 Å². The van der Waals surface area contributed by atoms with Gasteiger partial charge in [0.2, 0.25) is 0 Å². The van der Waals surface area contributed by atoms with E-state index in [9.17, 15) is 9.36 Å². The summed E-state index contributed by atoms with van der Waals surface area (Å²) in [4.78, 5) is 14.3. The first kappa shape index (κ1) is 28.1. The van der Waals surface area contributed by atoms with Crippen LogP contribution in [-0.4, -0.2) is 23.7 Å². The van der Waals surface area contributed by atoms with E-state index in [1.807, 2.05) is 72.0 Å². The predicted molar refractivity (Wildman–Crippen MR) is 158 cm³/mol. The van der Waals surface area contributed by atoms with Crippen LogP contribution in [0.1, 0.15) is 28.5 Å². The van der Waals surface area contributed by atoms with Crippen molar-refractivity contribution in [2.45, 2.75) is 18.7 Å². The third kappa shape index (κ3) is 5.32. The standard InChI is InChI=1S/C28H23FIN2O4PS/c1-4-36-28(33)26-27(37(34,35-3)20-16-18(2)15-19(17-20)9-8-14-31)24-23(13-12-22(30)25(24)29)32(26)38-21-10-6-5-7-11-21/h5-13,15-17H,4H2,1-3H3/b9-8+. The number of aryl methyl sites for hydroxylation is 1. The number of nitriles is 1. The Kier molecular flexibility index (Phi) is 8.78. The molecule has 0 spiro atoms. The maximum atomic E-state index is 15.9. The number of carbonyl (C=O) groups is 1. The molecule has 4 aromatic rings. The molecule has 0 aliphatic carbocycles. The van der Waals surface area contributed by atoms with Crippen molar-refractivity contribution < 1.29 is 23.0 Å². The summed E-state index contributed by atoms with van der Waals surface area (Å²) < 4.78 is 43.9. The monoisotopic (exact) mass is 660 g/mol. The van der Waals surface area contributed by atoms with Gasteiger partial charge in [-0.2, -0.15) is 5.26 Å². The highest BCUT2D eigenvalue weighted by Crippen LogP contribution is 2.50. The second kappa shape index (κ2) is 11.9. The molecular weight excluding hydrogens is 637 g/mol. The predicted octanol–water partition coefficient (Wildman–Crippen LogP) is 6.84. The van der Waals surface area contributed by atoms with Gasteiger partial charge in [0.05, 0.1) is 28.9 Å². The van der Waals surface area contributed by atoms with Crippen LogP contribution in [0.5, 0.6) is 0 Å². The van der Waals surface area contributed by atoms with E-state index in [1.54, 1.807) is 41.2 Å². The van der Waals surface area contributed by atoms with Crippen LogP contribution in [-0.2, 0) is 13.8 Å². The zero-order valence-electron chi connectivity index (χ0n) is 20.8. The largest absolute Gasteiger partial charge is 0.461 e. The molecule has 1 unspecified atom stereocenters. The van der Waals surface area contributed by atoms with Crippen molar-refractivity contribution in [3.8, 4) is 6.07 Å². The number of benzene rings is 3. The Morgan fingerprint density at radius 2 is 1.95 bits per heavy atom. The molecule has 0 radical (unpaired) electrons. The minimum absolute atomic E-state index is 0.0317. The zero-order chi connectivity index (χ0) is 27.4. The molecule has 0 aliphatic rings. The maximum Gasteiger partial charge on any atom is 0.356 e. The van der Waals surface area contributed by atoms with Crippen LogP contribution >= 0.6 is 41.9 Å². The lowest BCUT2D eigenvalue weighted by molar-refractivity contribution is 0.0520. The van der Waals surface area contributed by atoms with E-state index in [2.05, 4.69) is 0 Å². The summed E-state index contributed by atoms with van der Waals surface area (Å²) >= 11 is 3.07. The summed E-state index contributed by atoms with van der Waals surface area (Å²) in [5.74, 6) is -1.35. The van der Waals surface area contributed by atoms with Crippen molar-refractivity contribution >= 4 is 75.5 Å². The zero-order valence-corrected chi connectivity index (χ0v) is 24.6. The van der Waals surface area contributed by atoms with E-state index in [4.69, 9.17) is 14.5 Å². The van der Waals surface area contributed by atoms with Gasteiger partial charge < -0.3 is 9.26 Å². The van der Waals surface area contributed by atoms with Crippen LogP contribution in [0.4, 0.5) is 4.39 Å². The summed E-state index contributed by atoms with van der Waals surface area (Å²) in [7, 11) is -2.80. The van der Waals surface area contributed by atoms with Gasteiger partial charge in [0.1, 0.15) is 5.82 Å². The van der Waals surface area contributed by atoms with Gasteiger partial charge in [-0.1, -0.05) is 24.3 Å². The molecule has 3 aromatic carbocycles. The number of fused-ring (bicyclic) bond motifs is 1. The van der Waals surface area contributed by atoms with Gasteiger partial charge in [-0.05, 0) is 102 Å². The molecule has 38 heavy (non-hydrogen) atoms. The lowest BCUT2D eigenvalue weighted by Gasteiger charge is -2.20. The summed E-state index contributed by atoms with van der Waals surface area (Å²) in [6.45, 7) is 3.56. The van der Waals surface area contributed by atoms with Crippen LogP contribution in [0.3, 0.4) is 0 Å². The van der Waals surface area contributed by atoms with Crippen molar-refractivity contribution in [1.29, 1.82) is 5.26 Å². The molecule has 0 fully saturated rings. The molecule has 0 bridgehead atoms. The number of esters is 1. The van der Waals surface area contributed by atoms with Gasteiger partial charge in [-0.3, -0.25) is 8.54 Å². The van der Waals surface area contributed by atoms with Crippen molar-refractivity contribution in [3.05, 3.63) is 92.9 Å². The first-order valence-electron chi connectivity index (χ1n) is 11.5. The maximum absolute atomic E-state index is 15.9. The SMILES string of the molecule is CCOC(=O)c1c(P(=O)(OC)c2cc(C)cc(/C=C/C#N)c2)c2c(F)c(I)ccc2n1Sc1ccccc1. The Bertz CT molecular complexity index is 1650. The molecule has 6 nitrogen and oxygen atoms in total. The van der Waals surface area contributed by atoms with E-state index >= 15 is 4.39 Å². The topological polar surface area (TPSA) is 81.3 Å². The second-order valence-corrected chi connectivity index (χ2v) is 12.8. The van der Waals surface area contributed by atoms with E-state index in [-0.39, 0.29) is 28.3 Å². The number of hydrogen-bond acceptors (Lipinski definition) is 6. The molecule has 0 saturated carbocycles. The Morgan fingerprint density at radius 1 is 1.21 bits per heavy atom. The van der Waals surface area contributed by atoms with Gasteiger partial charge in [-0.15, -0.1) is 0 Å². The smallest absolute Gasteiger partial charge is 0.356 e. The van der Waals surface area contributed by atoms with Crippen molar-refractivity contribution in [3.63, 3.8) is 0 Å². The summed E-state index contributed by atoms with van der Waals surface area (Å²) in [6, 6.07) is 19.7. The summed E-state index contributed by atoms with van der Waals surface area (Å²) in [6.07, 6.45) is 2.89. The van der Waals surface area contributed by atoms with E-state index < -0.39 is 19.2 Å². The Hall–Kier alpha value is -2.90. The van der Waals surface area contributed by atoms with Crippen LogP contribution < -0.4 is 10.6 Å². The molecule has 0 saturated heterocycles.